The fourth-order valence-electron chi connectivity index (χ4n) is 1.58. The summed E-state index contributed by atoms with van der Waals surface area (Å²) < 4.78 is 32.2. The standard InChI is InChI=1S/C10H8BrNO3S.Na.H/c11-7-4-5-9(16(13,14)15)10-6(7)2-1-3-8(10)12;;/h1-5H,12H2,(H,13,14,15);;/q;+1;-1. The fraction of sp³-hybridized carbons (Fsp3) is 0. The van der Waals surface area contributed by atoms with Crippen LogP contribution in [0, 0.1) is 0 Å². The van der Waals surface area contributed by atoms with Crippen molar-refractivity contribution in [1.29, 1.82) is 0 Å². The second-order valence-corrected chi connectivity index (χ2v) is 5.53. The first-order valence-corrected chi connectivity index (χ1v) is 6.59. The van der Waals surface area contributed by atoms with E-state index in [9.17, 15) is 8.42 Å². The predicted molar refractivity (Wildman–Crippen MR) is 67.0 cm³/mol. The van der Waals surface area contributed by atoms with E-state index in [1.54, 1.807) is 24.3 Å². The molecule has 2 aromatic carbocycles. The minimum Gasteiger partial charge on any atom is -1.00 e. The van der Waals surface area contributed by atoms with E-state index in [4.69, 9.17) is 10.3 Å². The maximum atomic E-state index is 11.2. The number of rotatable bonds is 1. The Morgan fingerprint density at radius 1 is 1.24 bits per heavy atom. The number of nitrogen functional groups attached to an aromatic ring is 1. The smallest absolute Gasteiger partial charge is 1.00 e. The molecule has 4 nitrogen and oxygen atoms in total. The van der Waals surface area contributed by atoms with Crippen LogP contribution in [-0.2, 0) is 10.1 Å². The van der Waals surface area contributed by atoms with Crippen molar-refractivity contribution in [3.05, 3.63) is 34.8 Å². The van der Waals surface area contributed by atoms with Crippen LogP contribution in [0.25, 0.3) is 10.8 Å². The summed E-state index contributed by atoms with van der Waals surface area (Å²) in [6, 6.07) is 7.91. The summed E-state index contributed by atoms with van der Waals surface area (Å²) in [5.41, 5.74) is 6.04. The predicted octanol–water partition coefficient (Wildman–Crippen LogP) is -0.452. The molecule has 3 N–H and O–H groups in total. The molecule has 0 aliphatic carbocycles. The fourth-order valence-corrected chi connectivity index (χ4v) is 2.77. The van der Waals surface area contributed by atoms with Crippen LogP contribution in [0.3, 0.4) is 0 Å². The quantitative estimate of drug-likeness (QED) is 0.423. The zero-order valence-corrected chi connectivity index (χ0v) is 13.4. The molecule has 0 unspecified atom stereocenters. The summed E-state index contributed by atoms with van der Waals surface area (Å²) in [5.74, 6) is 0. The molecule has 0 atom stereocenters. The van der Waals surface area contributed by atoms with E-state index in [0.717, 1.165) is 4.47 Å². The molecule has 2 aromatic rings. The molecule has 0 heterocycles. The van der Waals surface area contributed by atoms with E-state index in [1.807, 2.05) is 0 Å². The Morgan fingerprint density at radius 2 is 1.88 bits per heavy atom. The Bertz CT molecular complexity index is 678. The first kappa shape index (κ1) is 14.9. The third-order valence-electron chi connectivity index (χ3n) is 2.26. The van der Waals surface area contributed by atoms with E-state index in [2.05, 4.69) is 15.9 Å². The molecule has 0 radical (unpaired) electrons. The molecule has 0 aromatic heterocycles. The number of fused-ring (bicyclic) bond motifs is 1. The Balaban J connectivity index is 0.00000144. The molecule has 0 amide bonds. The average molecular weight is 326 g/mol. The van der Waals surface area contributed by atoms with Gasteiger partial charge in [-0.15, -0.1) is 0 Å². The topological polar surface area (TPSA) is 80.4 Å². The second-order valence-electron chi connectivity index (χ2n) is 3.29. The minimum atomic E-state index is -4.27. The summed E-state index contributed by atoms with van der Waals surface area (Å²) in [6.45, 7) is 0. The van der Waals surface area contributed by atoms with Gasteiger partial charge in [0.15, 0.2) is 0 Å². The van der Waals surface area contributed by atoms with Crippen LogP contribution >= 0.6 is 15.9 Å². The van der Waals surface area contributed by atoms with Gasteiger partial charge in [0.05, 0.1) is 0 Å². The van der Waals surface area contributed by atoms with Crippen molar-refractivity contribution >= 4 is 42.5 Å². The van der Waals surface area contributed by atoms with Gasteiger partial charge in [-0.25, -0.2) is 0 Å². The zero-order valence-electron chi connectivity index (χ0n) is 10.0. The van der Waals surface area contributed by atoms with Gasteiger partial charge < -0.3 is 7.16 Å². The summed E-state index contributed by atoms with van der Waals surface area (Å²) in [4.78, 5) is -0.177. The molecule has 0 saturated heterocycles. The molecular formula is C10H9BrNNaO3S. The molecule has 86 valence electrons. The number of nitrogens with two attached hydrogens (primary N) is 1. The third kappa shape index (κ3) is 2.83. The van der Waals surface area contributed by atoms with Crippen molar-refractivity contribution in [1.82, 2.24) is 0 Å². The molecule has 7 heteroatoms. The van der Waals surface area contributed by atoms with Crippen molar-refractivity contribution in [3.8, 4) is 0 Å². The van der Waals surface area contributed by atoms with Gasteiger partial charge in [-0.1, -0.05) is 28.1 Å². The van der Waals surface area contributed by atoms with E-state index >= 15 is 0 Å². The summed E-state index contributed by atoms with van der Waals surface area (Å²) in [5, 5.41) is 0.981. The van der Waals surface area contributed by atoms with Crippen LogP contribution in [-0.4, -0.2) is 13.0 Å². The van der Waals surface area contributed by atoms with E-state index in [-0.39, 0.29) is 35.9 Å². The van der Waals surface area contributed by atoms with E-state index in [0.29, 0.717) is 16.5 Å². The number of hydrogen-bond donors (Lipinski definition) is 2. The monoisotopic (exact) mass is 325 g/mol. The number of hydrogen-bond acceptors (Lipinski definition) is 3. The first-order valence-electron chi connectivity index (χ1n) is 4.35. The third-order valence-corrected chi connectivity index (χ3v) is 3.85. The van der Waals surface area contributed by atoms with Gasteiger partial charge in [0.2, 0.25) is 0 Å². The molecule has 0 aliphatic rings. The molecule has 0 aliphatic heterocycles. The first-order chi connectivity index (χ1) is 7.41. The summed E-state index contributed by atoms with van der Waals surface area (Å²) >= 11 is 3.30. The number of anilines is 1. The largest absolute Gasteiger partial charge is 1.00 e. The van der Waals surface area contributed by atoms with Crippen LogP contribution in [0.5, 0.6) is 0 Å². The normalized spacial score (nSPS) is 11.2. The van der Waals surface area contributed by atoms with Gasteiger partial charge >= 0.3 is 29.6 Å². The van der Waals surface area contributed by atoms with Crippen LogP contribution in [0.15, 0.2) is 39.7 Å². The Hall–Kier alpha value is -0.110. The zero-order chi connectivity index (χ0) is 11.9. The summed E-state index contributed by atoms with van der Waals surface area (Å²) in [6.07, 6.45) is 0. The Morgan fingerprint density at radius 3 is 2.47 bits per heavy atom. The van der Waals surface area contributed by atoms with Crippen molar-refractivity contribution in [3.63, 3.8) is 0 Å². The second kappa shape index (κ2) is 5.26. The van der Waals surface area contributed by atoms with Crippen LogP contribution in [0.1, 0.15) is 1.43 Å². The molecule has 0 bridgehead atoms. The van der Waals surface area contributed by atoms with Crippen LogP contribution in [0.2, 0.25) is 0 Å². The average Bonchev–Trinajstić information content (AvgIpc) is 2.18. The van der Waals surface area contributed by atoms with Crippen molar-refractivity contribution in [2.45, 2.75) is 4.90 Å². The van der Waals surface area contributed by atoms with Crippen molar-refractivity contribution in [2.75, 3.05) is 5.73 Å². The van der Waals surface area contributed by atoms with Crippen LogP contribution < -0.4 is 35.3 Å². The molecule has 17 heavy (non-hydrogen) atoms. The van der Waals surface area contributed by atoms with Gasteiger partial charge in [-0.2, -0.15) is 8.42 Å². The van der Waals surface area contributed by atoms with E-state index in [1.165, 1.54) is 6.07 Å². The summed E-state index contributed by atoms with van der Waals surface area (Å²) in [7, 11) is -4.27. The molecule has 0 saturated carbocycles. The van der Waals surface area contributed by atoms with E-state index < -0.39 is 10.1 Å². The molecule has 0 spiro atoms. The van der Waals surface area contributed by atoms with Gasteiger partial charge in [0.25, 0.3) is 10.1 Å². The van der Waals surface area contributed by atoms with Gasteiger partial charge in [0.1, 0.15) is 4.90 Å². The maximum absolute atomic E-state index is 11.2. The van der Waals surface area contributed by atoms with Crippen molar-refractivity contribution in [2.24, 2.45) is 0 Å². The minimum absolute atomic E-state index is 0. The Labute approximate surface area is 131 Å². The molecule has 2 rings (SSSR count). The number of halogens is 1. The van der Waals surface area contributed by atoms with Gasteiger partial charge in [0, 0.05) is 15.5 Å². The van der Waals surface area contributed by atoms with Gasteiger partial charge in [-0.05, 0) is 23.6 Å². The maximum Gasteiger partial charge on any atom is 1.00 e. The van der Waals surface area contributed by atoms with Crippen LogP contribution in [0.4, 0.5) is 5.69 Å². The molecular weight excluding hydrogens is 317 g/mol. The van der Waals surface area contributed by atoms with Gasteiger partial charge in [-0.3, -0.25) is 4.55 Å². The number of benzene rings is 2. The Kier molecular flexibility index (Phi) is 4.62. The molecule has 0 fully saturated rings. The SMILES string of the molecule is Nc1cccc2c(Br)ccc(S(=O)(=O)O)c12.[H-].[Na+]. The van der Waals surface area contributed by atoms with Crippen molar-refractivity contribution < 1.29 is 44.0 Å².